The third-order valence-corrected chi connectivity index (χ3v) is 2.98. The molecular formula is C16H15NO4. The molecule has 0 N–H and O–H groups in total. The Balaban J connectivity index is 1.81. The highest BCUT2D eigenvalue weighted by Gasteiger charge is 2.08. The molecule has 2 aromatic rings. The molecule has 21 heavy (non-hydrogen) atoms. The fourth-order valence-corrected chi connectivity index (χ4v) is 1.88. The second-order valence-electron chi connectivity index (χ2n) is 4.57. The molecule has 2 rings (SSSR count). The molecule has 0 atom stereocenters. The van der Waals surface area contributed by atoms with Crippen LogP contribution in [0.15, 0.2) is 54.6 Å². The van der Waals surface area contributed by atoms with E-state index in [-0.39, 0.29) is 24.7 Å². The highest BCUT2D eigenvalue weighted by atomic mass is 16.6. The molecule has 0 saturated heterocycles. The van der Waals surface area contributed by atoms with Crippen LogP contribution in [0.3, 0.4) is 0 Å². The van der Waals surface area contributed by atoms with Crippen molar-refractivity contribution in [1.29, 1.82) is 0 Å². The Kier molecular flexibility index (Phi) is 5.04. The van der Waals surface area contributed by atoms with Crippen molar-refractivity contribution in [2.45, 2.75) is 19.4 Å². The summed E-state index contributed by atoms with van der Waals surface area (Å²) in [6.45, 7) is 0.245. The van der Waals surface area contributed by atoms with Gasteiger partial charge in [-0.15, -0.1) is 0 Å². The number of carbonyl (C=O) groups excluding carboxylic acids is 1. The molecule has 0 aliphatic rings. The summed E-state index contributed by atoms with van der Waals surface area (Å²) in [7, 11) is 0. The monoisotopic (exact) mass is 285 g/mol. The highest BCUT2D eigenvalue weighted by molar-refractivity contribution is 5.69. The van der Waals surface area contributed by atoms with Crippen molar-refractivity contribution >= 4 is 11.7 Å². The topological polar surface area (TPSA) is 69.4 Å². The first-order valence-corrected chi connectivity index (χ1v) is 6.58. The van der Waals surface area contributed by atoms with Gasteiger partial charge in [-0.1, -0.05) is 42.5 Å². The predicted octanol–water partition coefficient (Wildman–Crippen LogP) is 3.27. The molecule has 0 spiro atoms. The SMILES string of the molecule is O=C(CCc1cccc([N+](=O)[O-])c1)OCc1ccccc1. The minimum absolute atomic E-state index is 0.0325. The molecule has 0 bridgehead atoms. The summed E-state index contributed by atoms with van der Waals surface area (Å²) < 4.78 is 5.15. The molecule has 5 nitrogen and oxygen atoms in total. The first-order valence-electron chi connectivity index (χ1n) is 6.58. The first-order chi connectivity index (χ1) is 10.1. The fraction of sp³-hybridized carbons (Fsp3) is 0.188. The summed E-state index contributed by atoms with van der Waals surface area (Å²) in [5.74, 6) is -0.314. The number of hydrogen-bond acceptors (Lipinski definition) is 4. The van der Waals surface area contributed by atoms with Gasteiger partial charge in [0.05, 0.1) is 4.92 Å². The number of nitro groups is 1. The van der Waals surface area contributed by atoms with Gasteiger partial charge in [-0.2, -0.15) is 0 Å². The van der Waals surface area contributed by atoms with Crippen molar-refractivity contribution in [2.75, 3.05) is 0 Å². The number of nitrogens with zero attached hydrogens (tertiary/aromatic N) is 1. The average molecular weight is 285 g/mol. The molecule has 5 heteroatoms. The van der Waals surface area contributed by atoms with E-state index in [2.05, 4.69) is 0 Å². The van der Waals surface area contributed by atoms with Gasteiger partial charge in [-0.05, 0) is 17.5 Å². The van der Waals surface area contributed by atoms with Gasteiger partial charge >= 0.3 is 5.97 Å². The van der Waals surface area contributed by atoms with E-state index in [0.29, 0.717) is 6.42 Å². The van der Waals surface area contributed by atoms with Crippen LogP contribution in [-0.2, 0) is 22.6 Å². The van der Waals surface area contributed by atoms with Crippen LogP contribution in [0.1, 0.15) is 17.5 Å². The van der Waals surface area contributed by atoms with E-state index in [1.54, 1.807) is 12.1 Å². The number of nitro benzene ring substituents is 1. The first kappa shape index (κ1) is 14.7. The van der Waals surface area contributed by atoms with Gasteiger partial charge in [0.1, 0.15) is 6.61 Å². The lowest BCUT2D eigenvalue weighted by molar-refractivity contribution is -0.384. The maximum atomic E-state index is 11.7. The quantitative estimate of drug-likeness (QED) is 0.464. The van der Waals surface area contributed by atoms with Gasteiger partial charge in [0.25, 0.3) is 5.69 Å². The molecular weight excluding hydrogens is 270 g/mol. The number of non-ortho nitro benzene ring substituents is 1. The molecule has 2 aromatic carbocycles. The van der Waals surface area contributed by atoms with E-state index in [0.717, 1.165) is 11.1 Å². The van der Waals surface area contributed by atoms with E-state index in [4.69, 9.17) is 4.74 Å². The lowest BCUT2D eigenvalue weighted by Gasteiger charge is -2.05. The Bertz CT molecular complexity index is 625. The predicted molar refractivity (Wildman–Crippen MR) is 77.7 cm³/mol. The van der Waals surface area contributed by atoms with Crippen molar-refractivity contribution in [3.8, 4) is 0 Å². The summed E-state index contributed by atoms with van der Waals surface area (Å²) in [6, 6.07) is 15.7. The molecule has 0 aliphatic carbocycles. The van der Waals surface area contributed by atoms with Crippen LogP contribution in [-0.4, -0.2) is 10.9 Å². The third-order valence-electron chi connectivity index (χ3n) is 2.98. The van der Waals surface area contributed by atoms with Gasteiger partial charge in [0, 0.05) is 18.6 Å². The van der Waals surface area contributed by atoms with Crippen LogP contribution in [0.4, 0.5) is 5.69 Å². The number of aryl methyl sites for hydroxylation is 1. The molecule has 0 radical (unpaired) electrons. The maximum absolute atomic E-state index is 11.7. The minimum Gasteiger partial charge on any atom is -0.461 e. The van der Waals surface area contributed by atoms with Gasteiger partial charge in [0.2, 0.25) is 0 Å². The van der Waals surface area contributed by atoms with Gasteiger partial charge < -0.3 is 4.74 Å². The number of esters is 1. The highest BCUT2D eigenvalue weighted by Crippen LogP contribution is 2.14. The Hall–Kier alpha value is -2.69. The Morgan fingerprint density at radius 3 is 2.48 bits per heavy atom. The zero-order valence-electron chi connectivity index (χ0n) is 11.4. The van der Waals surface area contributed by atoms with E-state index >= 15 is 0 Å². The molecule has 0 unspecified atom stereocenters. The van der Waals surface area contributed by atoms with E-state index < -0.39 is 4.92 Å². The van der Waals surface area contributed by atoms with E-state index in [1.807, 2.05) is 30.3 Å². The average Bonchev–Trinajstić information content (AvgIpc) is 2.52. The van der Waals surface area contributed by atoms with Crippen molar-refractivity contribution in [3.63, 3.8) is 0 Å². The van der Waals surface area contributed by atoms with Crippen LogP contribution >= 0.6 is 0 Å². The second-order valence-corrected chi connectivity index (χ2v) is 4.57. The molecule has 0 saturated carbocycles. The van der Waals surface area contributed by atoms with Crippen LogP contribution in [0.5, 0.6) is 0 Å². The van der Waals surface area contributed by atoms with Gasteiger partial charge in [-0.25, -0.2) is 0 Å². The zero-order valence-corrected chi connectivity index (χ0v) is 11.4. The molecule has 0 aromatic heterocycles. The summed E-state index contributed by atoms with van der Waals surface area (Å²) in [5.41, 5.74) is 1.72. The normalized spacial score (nSPS) is 10.1. The Morgan fingerprint density at radius 1 is 1.05 bits per heavy atom. The van der Waals surface area contributed by atoms with Gasteiger partial charge in [-0.3, -0.25) is 14.9 Å². The largest absolute Gasteiger partial charge is 0.461 e. The fourth-order valence-electron chi connectivity index (χ4n) is 1.88. The summed E-state index contributed by atoms with van der Waals surface area (Å²) in [4.78, 5) is 21.9. The van der Waals surface area contributed by atoms with Crippen LogP contribution in [0.2, 0.25) is 0 Å². The molecule has 0 amide bonds. The molecule has 0 aliphatic heterocycles. The smallest absolute Gasteiger partial charge is 0.306 e. The molecule has 108 valence electrons. The van der Waals surface area contributed by atoms with Crippen LogP contribution in [0.25, 0.3) is 0 Å². The summed E-state index contributed by atoms with van der Waals surface area (Å²) >= 11 is 0. The zero-order chi connectivity index (χ0) is 15.1. The van der Waals surface area contributed by atoms with Crippen LogP contribution < -0.4 is 0 Å². The Morgan fingerprint density at radius 2 is 1.76 bits per heavy atom. The Labute approximate surface area is 122 Å². The molecule has 0 heterocycles. The van der Waals surface area contributed by atoms with Crippen molar-refractivity contribution in [3.05, 3.63) is 75.8 Å². The van der Waals surface area contributed by atoms with E-state index in [9.17, 15) is 14.9 Å². The lowest BCUT2D eigenvalue weighted by Crippen LogP contribution is -2.06. The maximum Gasteiger partial charge on any atom is 0.306 e. The van der Waals surface area contributed by atoms with E-state index in [1.165, 1.54) is 12.1 Å². The number of rotatable bonds is 6. The lowest BCUT2D eigenvalue weighted by atomic mass is 10.1. The molecule has 0 fully saturated rings. The van der Waals surface area contributed by atoms with Crippen molar-refractivity contribution < 1.29 is 14.5 Å². The number of benzene rings is 2. The standard InChI is InChI=1S/C16H15NO4/c18-16(21-12-14-5-2-1-3-6-14)10-9-13-7-4-8-15(11-13)17(19)20/h1-8,11H,9-10,12H2. The number of carbonyl (C=O) groups is 1. The second kappa shape index (κ2) is 7.19. The van der Waals surface area contributed by atoms with Crippen LogP contribution in [0, 0.1) is 10.1 Å². The third kappa shape index (κ3) is 4.72. The van der Waals surface area contributed by atoms with Crippen molar-refractivity contribution in [1.82, 2.24) is 0 Å². The minimum atomic E-state index is -0.447. The summed E-state index contributed by atoms with van der Waals surface area (Å²) in [6.07, 6.45) is 0.628. The summed E-state index contributed by atoms with van der Waals surface area (Å²) in [5, 5.41) is 10.7. The number of ether oxygens (including phenoxy) is 1. The number of hydrogen-bond donors (Lipinski definition) is 0. The van der Waals surface area contributed by atoms with Gasteiger partial charge in [0.15, 0.2) is 0 Å². The van der Waals surface area contributed by atoms with Crippen molar-refractivity contribution in [2.24, 2.45) is 0 Å².